The Balaban J connectivity index is 1.18. The number of nitrogens with zero attached hydrogens (tertiary/aromatic N) is 3. The summed E-state index contributed by atoms with van der Waals surface area (Å²) in [7, 11) is 0. The molecule has 0 radical (unpaired) electrons. The highest BCUT2D eigenvalue weighted by molar-refractivity contribution is 6.15. The van der Waals surface area contributed by atoms with E-state index in [1.165, 1.54) is 33.4 Å². The molecule has 0 aliphatic heterocycles. The molecule has 0 spiro atoms. The molecule has 3 aromatic heterocycles. The fourth-order valence-electron chi connectivity index (χ4n) is 7.47. The van der Waals surface area contributed by atoms with Crippen LogP contribution in [0.5, 0.6) is 0 Å². The van der Waals surface area contributed by atoms with Crippen LogP contribution < -0.4 is 0 Å². The molecule has 48 heavy (non-hydrogen) atoms. The molecule has 226 valence electrons. The first kappa shape index (κ1) is 26.9. The van der Waals surface area contributed by atoms with Crippen LogP contribution >= 0.6 is 0 Å². The van der Waals surface area contributed by atoms with Crippen molar-refractivity contribution < 1.29 is 4.42 Å². The zero-order valence-electron chi connectivity index (χ0n) is 26.1. The third kappa shape index (κ3) is 4.16. The predicted octanol–water partition coefficient (Wildman–Crippen LogP) is 11.4. The van der Waals surface area contributed by atoms with Gasteiger partial charge in [0.05, 0.1) is 16.7 Å². The van der Waals surface area contributed by atoms with Gasteiger partial charge in [0.25, 0.3) is 0 Å². The molecule has 1 aliphatic carbocycles. The Labute approximate surface area is 277 Å². The molecule has 9 aromatic rings. The smallest absolute Gasteiger partial charge is 0.160 e. The first-order valence-electron chi connectivity index (χ1n) is 16.5. The van der Waals surface area contributed by atoms with Gasteiger partial charge >= 0.3 is 0 Å². The van der Waals surface area contributed by atoms with Crippen LogP contribution in [-0.2, 0) is 6.42 Å². The van der Waals surface area contributed by atoms with Gasteiger partial charge in [-0.1, -0.05) is 97.1 Å². The number of rotatable bonds is 4. The van der Waals surface area contributed by atoms with Gasteiger partial charge in [-0.25, -0.2) is 9.97 Å². The molecule has 0 unspecified atom stereocenters. The van der Waals surface area contributed by atoms with Crippen LogP contribution in [0.15, 0.2) is 150 Å². The molecule has 0 atom stereocenters. The minimum Gasteiger partial charge on any atom is -0.456 e. The molecule has 4 nitrogen and oxygen atoms in total. The maximum absolute atomic E-state index is 6.48. The maximum Gasteiger partial charge on any atom is 0.160 e. The van der Waals surface area contributed by atoms with Crippen LogP contribution in [-0.4, -0.2) is 14.5 Å². The van der Waals surface area contributed by atoms with Gasteiger partial charge in [-0.3, -0.25) is 0 Å². The Kier molecular flexibility index (Phi) is 5.97. The molecule has 6 aromatic carbocycles. The number of aromatic nitrogens is 3. The second kappa shape index (κ2) is 10.6. The number of fused-ring (bicyclic) bond motifs is 7. The number of para-hydroxylation sites is 2. The van der Waals surface area contributed by atoms with Crippen molar-refractivity contribution in [2.45, 2.75) is 12.8 Å². The quantitative estimate of drug-likeness (QED) is 0.198. The average Bonchev–Trinajstić information content (AvgIpc) is 3.70. The summed E-state index contributed by atoms with van der Waals surface area (Å²) in [6, 6.07) is 48.9. The number of allylic oxidation sites excluding steroid dienone is 1. The van der Waals surface area contributed by atoms with Gasteiger partial charge in [0.1, 0.15) is 11.2 Å². The highest BCUT2D eigenvalue weighted by Crippen LogP contribution is 2.41. The number of hydrogen-bond donors (Lipinski definition) is 0. The summed E-state index contributed by atoms with van der Waals surface area (Å²) < 4.78 is 8.88. The lowest BCUT2D eigenvalue weighted by Gasteiger charge is -2.11. The second-order valence-electron chi connectivity index (χ2n) is 12.5. The lowest BCUT2D eigenvalue weighted by Crippen LogP contribution is -1.99. The Morgan fingerprint density at radius 1 is 0.583 bits per heavy atom. The van der Waals surface area contributed by atoms with Gasteiger partial charge < -0.3 is 8.98 Å². The van der Waals surface area contributed by atoms with Crippen molar-refractivity contribution in [3.63, 3.8) is 0 Å². The molecule has 0 fully saturated rings. The van der Waals surface area contributed by atoms with Crippen molar-refractivity contribution in [1.82, 2.24) is 14.5 Å². The molecule has 4 heteroatoms. The van der Waals surface area contributed by atoms with E-state index in [0.717, 1.165) is 68.1 Å². The monoisotopic (exact) mass is 615 g/mol. The molecule has 3 heterocycles. The summed E-state index contributed by atoms with van der Waals surface area (Å²) >= 11 is 0. The lowest BCUT2D eigenvalue weighted by atomic mass is 9.96. The van der Waals surface area contributed by atoms with Crippen LogP contribution in [0.2, 0.25) is 0 Å². The van der Waals surface area contributed by atoms with Gasteiger partial charge in [-0.15, -0.1) is 0 Å². The zero-order valence-corrected chi connectivity index (χ0v) is 26.1. The minimum absolute atomic E-state index is 0.712. The predicted molar refractivity (Wildman–Crippen MR) is 197 cm³/mol. The molecule has 0 saturated carbocycles. The van der Waals surface area contributed by atoms with Crippen LogP contribution in [0.4, 0.5) is 0 Å². The van der Waals surface area contributed by atoms with E-state index in [0.29, 0.717) is 5.82 Å². The number of furan rings is 1. The van der Waals surface area contributed by atoms with E-state index in [-0.39, 0.29) is 0 Å². The lowest BCUT2D eigenvalue weighted by molar-refractivity contribution is 0.669. The van der Waals surface area contributed by atoms with Gasteiger partial charge in [-0.2, -0.15) is 0 Å². The van der Waals surface area contributed by atoms with Crippen molar-refractivity contribution in [2.75, 3.05) is 0 Å². The van der Waals surface area contributed by atoms with Crippen LogP contribution in [0.25, 0.3) is 89.3 Å². The molecule has 0 N–H and O–H groups in total. The molecule has 1 aliphatic rings. The Morgan fingerprint density at radius 3 is 2.23 bits per heavy atom. The molecular formula is C44H29N3O. The Morgan fingerprint density at radius 2 is 1.35 bits per heavy atom. The van der Waals surface area contributed by atoms with E-state index in [1.54, 1.807) is 0 Å². The first-order valence-corrected chi connectivity index (χ1v) is 16.5. The van der Waals surface area contributed by atoms with Crippen molar-refractivity contribution in [1.29, 1.82) is 0 Å². The van der Waals surface area contributed by atoms with Crippen molar-refractivity contribution in [2.24, 2.45) is 0 Å². The Bertz CT molecular complexity index is 2720. The summed E-state index contributed by atoms with van der Waals surface area (Å²) in [4.78, 5) is 10.2. The summed E-state index contributed by atoms with van der Waals surface area (Å²) in [5.41, 5.74) is 13.0. The fourth-order valence-corrected chi connectivity index (χ4v) is 7.47. The molecule has 0 bridgehead atoms. The van der Waals surface area contributed by atoms with E-state index in [1.807, 2.05) is 24.3 Å². The van der Waals surface area contributed by atoms with Crippen LogP contribution in [0.1, 0.15) is 17.7 Å². The highest BCUT2D eigenvalue weighted by atomic mass is 16.3. The second-order valence-corrected chi connectivity index (χ2v) is 12.5. The summed E-state index contributed by atoms with van der Waals surface area (Å²) in [5.74, 6) is 0.712. The highest BCUT2D eigenvalue weighted by Gasteiger charge is 2.21. The molecule has 10 rings (SSSR count). The van der Waals surface area contributed by atoms with E-state index in [2.05, 4.69) is 132 Å². The molecule has 0 saturated heterocycles. The van der Waals surface area contributed by atoms with Crippen molar-refractivity contribution >= 4 is 49.8 Å². The van der Waals surface area contributed by atoms with E-state index in [9.17, 15) is 0 Å². The van der Waals surface area contributed by atoms with Gasteiger partial charge in [0.2, 0.25) is 0 Å². The van der Waals surface area contributed by atoms with E-state index >= 15 is 0 Å². The third-order valence-corrected chi connectivity index (χ3v) is 9.68. The first-order chi connectivity index (χ1) is 23.8. The molecule has 0 amide bonds. The van der Waals surface area contributed by atoms with Gasteiger partial charge in [-0.05, 0) is 84.1 Å². The summed E-state index contributed by atoms with van der Waals surface area (Å²) in [6.45, 7) is 0. The summed E-state index contributed by atoms with van der Waals surface area (Å²) in [5, 5.41) is 4.47. The zero-order chi connectivity index (χ0) is 31.6. The largest absolute Gasteiger partial charge is 0.456 e. The van der Waals surface area contributed by atoms with E-state index < -0.39 is 0 Å². The summed E-state index contributed by atoms with van der Waals surface area (Å²) in [6.07, 6.45) is 6.68. The topological polar surface area (TPSA) is 43.9 Å². The van der Waals surface area contributed by atoms with Crippen molar-refractivity contribution in [3.8, 4) is 39.5 Å². The average molecular weight is 616 g/mol. The standard InChI is InChI=1S/C44H29N3O/c1-3-12-28(13-4-1)44-45-37-19-9-7-17-33(37)43(46-44)34-18-11-21-41-42(34)36-27-30(23-25-40(36)48-41)29-22-24-39-35(26-29)32-16-8-10-20-38(32)47(39)31-14-5-2-6-15-31/h1-7,9-15,17-27H,8,16H2. The van der Waals surface area contributed by atoms with E-state index in [4.69, 9.17) is 14.4 Å². The Hall–Kier alpha value is -6.26. The maximum atomic E-state index is 6.48. The fraction of sp³-hybridized carbons (Fsp3) is 0.0455. The normalized spacial score (nSPS) is 12.8. The number of hydrogen-bond acceptors (Lipinski definition) is 3. The number of aryl methyl sites for hydroxylation is 1. The van der Waals surface area contributed by atoms with Gasteiger partial charge in [0.15, 0.2) is 5.82 Å². The SMILES string of the molecule is C1=Cc2c(c3cc(-c4ccc5oc6cccc(-c7nc(-c8ccccc8)nc8ccccc78)c6c5c4)ccc3n2-c2ccccc2)CC1. The molecular weight excluding hydrogens is 587 g/mol. The van der Waals surface area contributed by atoms with Crippen molar-refractivity contribution in [3.05, 3.63) is 157 Å². The van der Waals surface area contributed by atoms with Crippen LogP contribution in [0.3, 0.4) is 0 Å². The van der Waals surface area contributed by atoms with Crippen LogP contribution in [0, 0.1) is 0 Å². The minimum atomic E-state index is 0.712. The number of benzene rings is 6. The van der Waals surface area contributed by atoms with Gasteiger partial charge in [0, 0.05) is 44.1 Å². The third-order valence-electron chi connectivity index (χ3n) is 9.68.